The fraction of sp³-hybridized carbons (Fsp3) is 0.481. The third-order valence-electron chi connectivity index (χ3n) is 7.52. The molecule has 1 aliphatic carbocycles. The normalized spacial score (nSPS) is 24.3. The Morgan fingerprint density at radius 2 is 1.68 bits per heavy atom. The predicted molar refractivity (Wildman–Crippen MR) is 121 cm³/mol. The van der Waals surface area contributed by atoms with E-state index >= 15 is 0 Å². The summed E-state index contributed by atoms with van der Waals surface area (Å²) in [5.41, 5.74) is 1.76. The van der Waals surface area contributed by atoms with Crippen LogP contribution in [0, 0.1) is 29.1 Å². The predicted octanol–water partition coefficient (Wildman–Crippen LogP) is 4.95. The second-order valence-electron chi connectivity index (χ2n) is 9.05. The van der Waals surface area contributed by atoms with Gasteiger partial charge < -0.3 is 4.74 Å². The molecular formula is C27H32N2O2. The van der Waals surface area contributed by atoms with E-state index in [2.05, 4.69) is 53.4 Å². The van der Waals surface area contributed by atoms with Crippen LogP contribution >= 0.6 is 0 Å². The summed E-state index contributed by atoms with van der Waals surface area (Å²) in [4.78, 5) is 15.1. The highest BCUT2D eigenvalue weighted by atomic mass is 16.5. The van der Waals surface area contributed by atoms with Crippen molar-refractivity contribution in [1.82, 2.24) is 4.90 Å². The van der Waals surface area contributed by atoms with Crippen LogP contribution in [0.2, 0.25) is 0 Å². The summed E-state index contributed by atoms with van der Waals surface area (Å²) in [5.74, 6) is -0.0908. The van der Waals surface area contributed by atoms with Gasteiger partial charge in [-0.3, -0.25) is 9.69 Å². The van der Waals surface area contributed by atoms with Gasteiger partial charge in [0.2, 0.25) is 0 Å². The molecule has 0 amide bonds. The standard InChI is InChI=1S/C27H32N2O2/c1-31-26(30)24-13-8-14-25(24)27(20-28,22-11-6-3-7-12-22)23-15-17-29(18-16-23)19-21-9-4-2-5-10-21/h2-7,9-12,23-25H,8,13-19H2,1H3/t24-,25-,27?/m0/s1. The Morgan fingerprint density at radius 1 is 1.03 bits per heavy atom. The SMILES string of the molecule is COC(=O)[C@H]1CCC[C@@H]1C(C#N)(c1ccccc1)C1CCN(Cc2ccccc2)CC1. The van der Waals surface area contributed by atoms with Gasteiger partial charge in [-0.2, -0.15) is 5.26 Å². The van der Waals surface area contributed by atoms with Crippen LogP contribution in [0.4, 0.5) is 0 Å². The molecule has 4 nitrogen and oxygen atoms in total. The maximum Gasteiger partial charge on any atom is 0.309 e. The molecule has 1 saturated carbocycles. The highest BCUT2D eigenvalue weighted by Crippen LogP contribution is 2.52. The van der Waals surface area contributed by atoms with E-state index in [4.69, 9.17) is 4.74 Å². The fourth-order valence-corrected chi connectivity index (χ4v) is 6.03. The maximum atomic E-state index is 12.6. The Morgan fingerprint density at radius 3 is 2.29 bits per heavy atom. The lowest BCUT2D eigenvalue weighted by Crippen LogP contribution is -2.48. The first-order chi connectivity index (χ1) is 15.2. The molecule has 4 heteroatoms. The molecule has 3 atom stereocenters. The smallest absolute Gasteiger partial charge is 0.309 e. The van der Waals surface area contributed by atoms with Crippen molar-refractivity contribution in [2.24, 2.45) is 17.8 Å². The van der Waals surface area contributed by atoms with Crippen molar-refractivity contribution in [3.63, 3.8) is 0 Å². The first-order valence-corrected chi connectivity index (χ1v) is 11.5. The highest BCUT2D eigenvalue weighted by molar-refractivity contribution is 5.73. The molecular weight excluding hydrogens is 384 g/mol. The van der Waals surface area contributed by atoms with Gasteiger partial charge >= 0.3 is 5.97 Å². The molecule has 0 bridgehead atoms. The van der Waals surface area contributed by atoms with Gasteiger partial charge in [0.05, 0.1) is 24.5 Å². The second kappa shape index (κ2) is 9.66. The summed E-state index contributed by atoms with van der Waals surface area (Å²) in [5, 5.41) is 10.7. The molecule has 2 aromatic rings. The van der Waals surface area contributed by atoms with E-state index in [1.54, 1.807) is 0 Å². The average Bonchev–Trinajstić information content (AvgIpc) is 3.32. The van der Waals surface area contributed by atoms with E-state index in [1.807, 2.05) is 18.2 Å². The Balaban J connectivity index is 1.60. The number of piperidine rings is 1. The van der Waals surface area contributed by atoms with Gasteiger partial charge in [-0.05, 0) is 61.7 Å². The van der Waals surface area contributed by atoms with E-state index in [9.17, 15) is 10.1 Å². The number of carbonyl (C=O) groups is 1. The average molecular weight is 417 g/mol. The quantitative estimate of drug-likeness (QED) is 0.625. The lowest BCUT2D eigenvalue weighted by molar-refractivity contribution is -0.147. The van der Waals surface area contributed by atoms with Crippen molar-refractivity contribution in [3.05, 3.63) is 71.8 Å². The maximum absolute atomic E-state index is 12.6. The minimum Gasteiger partial charge on any atom is -0.469 e. The van der Waals surface area contributed by atoms with Crippen molar-refractivity contribution in [2.45, 2.75) is 44.1 Å². The van der Waals surface area contributed by atoms with E-state index in [0.29, 0.717) is 0 Å². The number of nitrogens with zero attached hydrogens (tertiary/aromatic N) is 2. The minimum absolute atomic E-state index is 0.0121. The number of hydrogen-bond acceptors (Lipinski definition) is 4. The van der Waals surface area contributed by atoms with E-state index in [1.165, 1.54) is 12.7 Å². The lowest BCUT2D eigenvalue weighted by Gasteiger charge is -2.45. The molecule has 31 heavy (non-hydrogen) atoms. The van der Waals surface area contributed by atoms with Crippen molar-refractivity contribution in [3.8, 4) is 6.07 Å². The summed E-state index contributed by atoms with van der Waals surface area (Å²) in [6.45, 7) is 2.91. The molecule has 162 valence electrons. The zero-order chi connectivity index (χ0) is 21.7. The Labute approximate surface area is 185 Å². The lowest BCUT2D eigenvalue weighted by atomic mass is 9.58. The number of ether oxygens (including phenoxy) is 1. The fourth-order valence-electron chi connectivity index (χ4n) is 6.03. The number of benzene rings is 2. The van der Waals surface area contributed by atoms with Gasteiger partial charge in [0.1, 0.15) is 0 Å². The topological polar surface area (TPSA) is 53.3 Å². The number of hydrogen-bond donors (Lipinski definition) is 0. The molecule has 2 fully saturated rings. The molecule has 0 spiro atoms. The molecule has 2 aromatic carbocycles. The first-order valence-electron chi connectivity index (χ1n) is 11.5. The summed E-state index contributed by atoms with van der Waals surface area (Å²) >= 11 is 0. The number of nitriles is 1. The molecule has 4 rings (SSSR count). The summed E-state index contributed by atoms with van der Waals surface area (Å²) < 4.78 is 5.15. The summed E-state index contributed by atoms with van der Waals surface area (Å²) in [6.07, 6.45) is 4.65. The molecule has 0 radical (unpaired) electrons. The van der Waals surface area contributed by atoms with Crippen LogP contribution in [-0.4, -0.2) is 31.1 Å². The molecule has 1 unspecified atom stereocenters. The van der Waals surface area contributed by atoms with E-state index < -0.39 is 5.41 Å². The number of rotatable bonds is 6. The molecule has 0 aromatic heterocycles. The van der Waals surface area contributed by atoms with E-state index in [-0.39, 0.29) is 23.7 Å². The number of carbonyl (C=O) groups excluding carboxylic acids is 1. The first kappa shape index (κ1) is 21.6. The van der Waals surface area contributed by atoms with Gasteiger partial charge in [0.15, 0.2) is 0 Å². The Kier molecular flexibility index (Phi) is 6.73. The highest BCUT2D eigenvalue weighted by Gasteiger charge is 2.53. The molecule has 2 aliphatic rings. The molecule has 1 heterocycles. The van der Waals surface area contributed by atoms with Crippen LogP contribution < -0.4 is 0 Å². The van der Waals surface area contributed by atoms with Crippen LogP contribution in [0.1, 0.15) is 43.2 Å². The number of likely N-dealkylation sites (tertiary alicyclic amines) is 1. The minimum atomic E-state index is -0.643. The molecule has 1 aliphatic heterocycles. The van der Waals surface area contributed by atoms with Gasteiger partial charge in [-0.25, -0.2) is 0 Å². The van der Waals surface area contributed by atoms with Gasteiger partial charge in [-0.1, -0.05) is 67.1 Å². The number of methoxy groups -OCH3 is 1. The Hall–Kier alpha value is -2.64. The zero-order valence-corrected chi connectivity index (χ0v) is 18.4. The van der Waals surface area contributed by atoms with Crippen molar-refractivity contribution >= 4 is 5.97 Å². The largest absolute Gasteiger partial charge is 0.469 e. The summed E-state index contributed by atoms with van der Waals surface area (Å²) in [7, 11) is 1.47. The third kappa shape index (κ3) is 4.25. The monoisotopic (exact) mass is 416 g/mol. The summed E-state index contributed by atoms with van der Waals surface area (Å²) in [6, 6.07) is 23.6. The van der Waals surface area contributed by atoms with Crippen molar-refractivity contribution < 1.29 is 9.53 Å². The molecule has 1 saturated heterocycles. The number of esters is 1. The van der Waals surface area contributed by atoms with Crippen molar-refractivity contribution in [1.29, 1.82) is 5.26 Å². The second-order valence-corrected chi connectivity index (χ2v) is 9.05. The van der Waals surface area contributed by atoms with Gasteiger partial charge in [0.25, 0.3) is 0 Å². The van der Waals surface area contributed by atoms with Gasteiger partial charge in [0, 0.05) is 6.54 Å². The van der Waals surface area contributed by atoms with Crippen LogP contribution in [0.5, 0.6) is 0 Å². The van der Waals surface area contributed by atoms with Crippen LogP contribution in [-0.2, 0) is 21.5 Å². The van der Waals surface area contributed by atoms with Crippen molar-refractivity contribution in [2.75, 3.05) is 20.2 Å². The van der Waals surface area contributed by atoms with Crippen LogP contribution in [0.25, 0.3) is 0 Å². The van der Waals surface area contributed by atoms with Crippen LogP contribution in [0.15, 0.2) is 60.7 Å². The molecule has 0 N–H and O–H groups in total. The van der Waals surface area contributed by atoms with E-state index in [0.717, 1.165) is 57.3 Å². The Bertz CT molecular complexity index is 900. The van der Waals surface area contributed by atoms with Gasteiger partial charge in [-0.15, -0.1) is 0 Å². The van der Waals surface area contributed by atoms with Crippen LogP contribution in [0.3, 0.4) is 0 Å². The zero-order valence-electron chi connectivity index (χ0n) is 18.4. The third-order valence-corrected chi connectivity index (χ3v) is 7.52.